The number of likely N-dealkylation sites (tertiary alicyclic amines) is 1. The van der Waals surface area contributed by atoms with E-state index in [-0.39, 0.29) is 6.54 Å². The van der Waals surface area contributed by atoms with Crippen molar-refractivity contribution in [3.05, 3.63) is 66.1 Å². The van der Waals surface area contributed by atoms with Crippen molar-refractivity contribution < 1.29 is 18.3 Å². The first-order chi connectivity index (χ1) is 20.9. The van der Waals surface area contributed by atoms with E-state index in [4.69, 9.17) is 9.47 Å². The van der Waals surface area contributed by atoms with E-state index in [2.05, 4.69) is 45.4 Å². The van der Waals surface area contributed by atoms with Gasteiger partial charge in [0.25, 0.3) is 5.92 Å². The van der Waals surface area contributed by atoms with Gasteiger partial charge in [-0.3, -0.25) is 9.80 Å². The monoisotopic (exact) mass is 593 g/mol. The predicted molar refractivity (Wildman–Crippen MR) is 166 cm³/mol. The van der Waals surface area contributed by atoms with Gasteiger partial charge in [-0.05, 0) is 74.9 Å². The third-order valence-corrected chi connectivity index (χ3v) is 9.63. The predicted octanol–water partition coefficient (Wildman–Crippen LogP) is 6.62. The summed E-state index contributed by atoms with van der Waals surface area (Å²) in [6.45, 7) is 3.80. The summed E-state index contributed by atoms with van der Waals surface area (Å²) in [5.74, 6) is -0.869. The average Bonchev–Trinajstić information content (AvgIpc) is 3.46. The standard InChI is InChI=1S/C34H45F2N5O2/c1-42-30-10-9-28(33(21-30)43-2)23-39-14-6-15-40(25-39)32-22-37-41-18-13-27(20-31(32)41)19-26-11-16-38(17-12-26)24-34(35,36)29-7-4-3-5-8-29/h6,9-10,13,15,18,20-22,26,29H,3-5,7-8,11-12,14,16-17,19,23-25H2,1-2H3. The van der Waals surface area contributed by atoms with Gasteiger partial charge in [-0.2, -0.15) is 5.10 Å². The minimum atomic E-state index is -2.56. The summed E-state index contributed by atoms with van der Waals surface area (Å²) in [6, 6.07) is 10.4. The number of fused-ring (bicyclic) bond motifs is 1. The Morgan fingerprint density at radius 3 is 2.53 bits per heavy atom. The van der Waals surface area contributed by atoms with Crippen molar-refractivity contribution in [3.63, 3.8) is 0 Å². The lowest BCUT2D eigenvalue weighted by Gasteiger charge is -2.37. The van der Waals surface area contributed by atoms with Crippen molar-refractivity contribution in [2.45, 2.75) is 63.8 Å². The number of rotatable bonds is 10. The molecule has 4 heterocycles. The van der Waals surface area contributed by atoms with Crippen molar-refractivity contribution in [2.24, 2.45) is 11.8 Å². The molecule has 1 aromatic carbocycles. The quantitative estimate of drug-likeness (QED) is 0.264. The topological polar surface area (TPSA) is 45.5 Å². The Labute approximate surface area is 254 Å². The Hall–Kier alpha value is -3.17. The summed E-state index contributed by atoms with van der Waals surface area (Å²) >= 11 is 0. The molecule has 2 aliphatic heterocycles. The highest BCUT2D eigenvalue weighted by Gasteiger charge is 2.41. The van der Waals surface area contributed by atoms with Gasteiger partial charge in [0.15, 0.2) is 0 Å². The maximum atomic E-state index is 15.0. The molecule has 7 nitrogen and oxygen atoms in total. The van der Waals surface area contributed by atoms with Crippen LogP contribution in [-0.4, -0.2) is 72.4 Å². The number of alkyl halides is 2. The van der Waals surface area contributed by atoms with Crippen molar-refractivity contribution >= 4 is 11.2 Å². The van der Waals surface area contributed by atoms with E-state index in [9.17, 15) is 8.78 Å². The van der Waals surface area contributed by atoms with Gasteiger partial charge in [-0.1, -0.05) is 31.4 Å². The second-order valence-electron chi connectivity index (χ2n) is 12.6. The maximum absolute atomic E-state index is 15.0. The van der Waals surface area contributed by atoms with Crippen LogP contribution in [0.1, 0.15) is 56.1 Å². The lowest BCUT2D eigenvalue weighted by molar-refractivity contribution is -0.0963. The molecular weight excluding hydrogens is 548 g/mol. The molecule has 2 aromatic heterocycles. The van der Waals surface area contributed by atoms with Crippen LogP contribution in [0.2, 0.25) is 0 Å². The van der Waals surface area contributed by atoms with Crippen molar-refractivity contribution in [2.75, 3.05) is 52.0 Å². The van der Waals surface area contributed by atoms with Crippen LogP contribution in [0.5, 0.6) is 11.5 Å². The van der Waals surface area contributed by atoms with Crippen LogP contribution in [0.4, 0.5) is 14.5 Å². The average molecular weight is 594 g/mol. The lowest BCUT2D eigenvalue weighted by Crippen LogP contribution is -2.45. The van der Waals surface area contributed by atoms with Crippen LogP contribution in [0.3, 0.4) is 0 Å². The number of hydrogen-bond acceptors (Lipinski definition) is 6. The Morgan fingerprint density at radius 2 is 1.77 bits per heavy atom. The van der Waals surface area contributed by atoms with Crippen LogP contribution in [-0.2, 0) is 13.0 Å². The van der Waals surface area contributed by atoms with E-state index in [1.807, 2.05) is 33.9 Å². The van der Waals surface area contributed by atoms with Gasteiger partial charge in [0, 0.05) is 43.0 Å². The molecule has 232 valence electrons. The fraction of sp³-hybridized carbons (Fsp3) is 0.559. The number of nitrogens with zero attached hydrogens (tertiary/aromatic N) is 5. The van der Waals surface area contributed by atoms with Crippen molar-refractivity contribution in [1.29, 1.82) is 0 Å². The minimum Gasteiger partial charge on any atom is -0.497 e. The molecule has 0 bridgehead atoms. The Bertz CT molecular complexity index is 1390. The number of anilines is 1. The van der Waals surface area contributed by atoms with Gasteiger partial charge >= 0.3 is 0 Å². The molecule has 9 heteroatoms. The number of benzene rings is 1. The van der Waals surface area contributed by atoms with Crippen LogP contribution < -0.4 is 14.4 Å². The largest absolute Gasteiger partial charge is 0.497 e. The summed E-state index contributed by atoms with van der Waals surface area (Å²) in [5.41, 5.74) is 4.55. The Morgan fingerprint density at radius 1 is 0.953 bits per heavy atom. The van der Waals surface area contributed by atoms with E-state index < -0.39 is 11.8 Å². The molecule has 1 aliphatic carbocycles. The Balaban J connectivity index is 1.07. The molecule has 43 heavy (non-hydrogen) atoms. The Kier molecular flexibility index (Phi) is 9.19. The molecule has 1 saturated heterocycles. The molecule has 0 atom stereocenters. The van der Waals surface area contributed by atoms with Crippen molar-refractivity contribution in [3.8, 4) is 11.5 Å². The number of ether oxygens (including phenoxy) is 2. The molecular formula is C34H45F2N5O2. The highest BCUT2D eigenvalue weighted by Crippen LogP contribution is 2.38. The maximum Gasteiger partial charge on any atom is 0.263 e. The highest BCUT2D eigenvalue weighted by atomic mass is 19.3. The van der Waals surface area contributed by atoms with Crippen LogP contribution >= 0.6 is 0 Å². The van der Waals surface area contributed by atoms with E-state index >= 15 is 0 Å². The normalized spacial score (nSPS) is 19.8. The van der Waals surface area contributed by atoms with E-state index in [0.717, 1.165) is 99.6 Å². The number of aromatic nitrogens is 2. The zero-order chi connectivity index (χ0) is 29.8. The molecule has 0 spiro atoms. The SMILES string of the molecule is COc1ccc(CN2CC=CN(c3cnn4ccc(CC5CCN(CC(F)(F)C6CCCCC6)CC5)cc34)C2)c(OC)c1. The second kappa shape index (κ2) is 13.2. The van der Waals surface area contributed by atoms with Gasteiger partial charge in [-0.15, -0.1) is 0 Å². The molecule has 6 rings (SSSR count). The molecule has 3 aliphatic rings. The molecule has 0 unspecified atom stereocenters. The second-order valence-corrected chi connectivity index (χ2v) is 12.6. The fourth-order valence-electron chi connectivity index (χ4n) is 7.13. The first-order valence-corrected chi connectivity index (χ1v) is 15.8. The number of pyridine rings is 1. The number of methoxy groups -OCH3 is 2. The fourth-order valence-corrected chi connectivity index (χ4v) is 7.13. The molecule has 3 aromatic rings. The molecule has 2 fully saturated rings. The minimum absolute atomic E-state index is 0.0683. The van der Waals surface area contributed by atoms with Gasteiger partial charge in [-0.25, -0.2) is 13.3 Å². The van der Waals surface area contributed by atoms with E-state index in [0.29, 0.717) is 18.8 Å². The summed E-state index contributed by atoms with van der Waals surface area (Å²) < 4.78 is 42.9. The van der Waals surface area contributed by atoms with Crippen molar-refractivity contribution in [1.82, 2.24) is 19.4 Å². The molecule has 0 N–H and O–H groups in total. The number of halogens is 2. The van der Waals surface area contributed by atoms with Crippen LogP contribution in [0, 0.1) is 11.8 Å². The van der Waals surface area contributed by atoms with Crippen LogP contribution in [0.25, 0.3) is 5.52 Å². The zero-order valence-corrected chi connectivity index (χ0v) is 25.6. The van der Waals surface area contributed by atoms with Gasteiger partial charge in [0.2, 0.25) is 0 Å². The van der Waals surface area contributed by atoms with Gasteiger partial charge in [0.1, 0.15) is 11.5 Å². The zero-order valence-electron chi connectivity index (χ0n) is 25.6. The summed E-state index contributed by atoms with van der Waals surface area (Å²) in [4.78, 5) is 6.62. The summed E-state index contributed by atoms with van der Waals surface area (Å²) in [7, 11) is 3.35. The smallest absolute Gasteiger partial charge is 0.263 e. The van der Waals surface area contributed by atoms with Crippen LogP contribution in [0.15, 0.2) is 55.0 Å². The third-order valence-electron chi connectivity index (χ3n) is 9.63. The lowest BCUT2D eigenvalue weighted by atomic mass is 9.84. The molecule has 0 radical (unpaired) electrons. The first-order valence-electron chi connectivity index (χ1n) is 15.8. The number of piperidine rings is 1. The number of hydrogen-bond donors (Lipinski definition) is 0. The third kappa shape index (κ3) is 6.99. The molecule has 0 amide bonds. The summed E-state index contributed by atoms with van der Waals surface area (Å²) in [5, 5.41) is 4.63. The first kappa shape index (κ1) is 29.9. The van der Waals surface area contributed by atoms with Gasteiger partial charge < -0.3 is 14.4 Å². The summed E-state index contributed by atoms with van der Waals surface area (Å²) in [6.07, 6.45) is 15.6. The van der Waals surface area contributed by atoms with E-state index in [1.54, 1.807) is 14.2 Å². The highest BCUT2D eigenvalue weighted by molar-refractivity contribution is 5.74. The van der Waals surface area contributed by atoms with Gasteiger partial charge in [0.05, 0.1) is 44.8 Å². The van der Waals surface area contributed by atoms with E-state index in [1.165, 1.54) is 5.56 Å². The molecule has 1 saturated carbocycles.